The van der Waals surface area contributed by atoms with Gasteiger partial charge < -0.3 is 10.6 Å². The lowest BCUT2D eigenvalue weighted by molar-refractivity contribution is -0.121. The van der Waals surface area contributed by atoms with E-state index in [0.29, 0.717) is 25.2 Å². The smallest absolute Gasteiger partial charge is 0.251 e. The molecular weight excluding hydrogens is 376 g/mol. The van der Waals surface area contributed by atoms with Crippen LogP contribution in [-0.2, 0) is 17.9 Å². The van der Waals surface area contributed by atoms with Gasteiger partial charge in [-0.3, -0.25) is 14.3 Å². The van der Waals surface area contributed by atoms with Crippen molar-refractivity contribution in [2.24, 2.45) is 0 Å². The Morgan fingerprint density at radius 1 is 0.933 bits per heavy atom. The first-order valence-electron chi connectivity index (χ1n) is 10.1. The molecule has 0 saturated carbocycles. The first-order valence-corrected chi connectivity index (χ1v) is 10.1. The highest BCUT2D eigenvalue weighted by Gasteiger charge is 2.13. The Morgan fingerprint density at radius 3 is 2.37 bits per heavy atom. The van der Waals surface area contributed by atoms with Crippen LogP contribution in [0.15, 0.2) is 54.6 Å². The van der Waals surface area contributed by atoms with Gasteiger partial charge in [0.1, 0.15) is 0 Å². The van der Waals surface area contributed by atoms with E-state index in [-0.39, 0.29) is 18.2 Å². The zero-order valence-electron chi connectivity index (χ0n) is 17.7. The molecule has 2 amide bonds. The molecular formula is C24H28N4O2. The summed E-state index contributed by atoms with van der Waals surface area (Å²) in [6.45, 7) is 7.29. The Balaban J connectivity index is 1.49. The largest absolute Gasteiger partial charge is 0.352 e. The molecule has 0 bridgehead atoms. The number of amides is 2. The monoisotopic (exact) mass is 404 g/mol. The van der Waals surface area contributed by atoms with Gasteiger partial charge in [-0.05, 0) is 38.0 Å². The summed E-state index contributed by atoms with van der Waals surface area (Å²) in [6, 6.07) is 17.6. The second kappa shape index (κ2) is 9.87. The minimum atomic E-state index is -0.158. The summed E-state index contributed by atoms with van der Waals surface area (Å²) in [5.41, 5.74) is 5.72. The normalized spacial score (nSPS) is 10.6. The molecule has 0 radical (unpaired) electrons. The van der Waals surface area contributed by atoms with Crippen molar-refractivity contribution in [1.82, 2.24) is 20.4 Å². The summed E-state index contributed by atoms with van der Waals surface area (Å²) in [5.74, 6) is -0.260. The Kier molecular flexibility index (Phi) is 7.01. The van der Waals surface area contributed by atoms with Gasteiger partial charge in [-0.1, -0.05) is 48.5 Å². The molecule has 3 aromatic rings. The molecule has 3 rings (SSSR count). The maximum absolute atomic E-state index is 12.2. The van der Waals surface area contributed by atoms with Crippen molar-refractivity contribution in [2.75, 3.05) is 6.54 Å². The van der Waals surface area contributed by atoms with E-state index in [1.807, 2.05) is 61.9 Å². The van der Waals surface area contributed by atoms with Gasteiger partial charge in [0.2, 0.25) is 5.91 Å². The topological polar surface area (TPSA) is 76.0 Å². The number of benzene rings is 2. The quantitative estimate of drug-likeness (QED) is 0.605. The Morgan fingerprint density at radius 2 is 1.63 bits per heavy atom. The Labute approximate surface area is 177 Å². The highest BCUT2D eigenvalue weighted by Crippen LogP contribution is 2.14. The summed E-state index contributed by atoms with van der Waals surface area (Å²) in [6.07, 6.45) is 0.230. The molecule has 0 aliphatic carbocycles. The third-order valence-electron chi connectivity index (χ3n) is 5.20. The molecule has 0 saturated heterocycles. The van der Waals surface area contributed by atoms with Gasteiger partial charge in [0, 0.05) is 36.3 Å². The van der Waals surface area contributed by atoms with Crippen LogP contribution in [0, 0.1) is 20.8 Å². The van der Waals surface area contributed by atoms with Gasteiger partial charge in [0.05, 0.1) is 12.2 Å². The average molecular weight is 405 g/mol. The molecule has 0 atom stereocenters. The fraction of sp³-hybridized carbons (Fsp3) is 0.292. The lowest BCUT2D eigenvalue weighted by atomic mass is 10.1. The summed E-state index contributed by atoms with van der Waals surface area (Å²) in [5, 5.41) is 10.4. The van der Waals surface area contributed by atoms with Crippen molar-refractivity contribution in [3.8, 4) is 0 Å². The van der Waals surface area contributed by atoms with Crippen LogP contribution in [0.4, 0.5) is 0 Å². The van der Waals surface area contributed by atoms with Crippen LogP contribution < -0.4 is 10.6 Å². The number of aryl methyl sites for hydroxylation is 2. The number of nitrogens with zero attached hydrogens (tertiary/aromatic N) is 2. The SMILES string of the molecule is Cc1ccccc1C(=O)NCCC(=O)NCc1c(C)nn(Cc2ccccc2)c1C. The number of hydrogen-bond acceptors (Lipinski definition) is 3. The molecule has 6 heteroatoms. The summed E-state index contributed by atoms with van der Waals surface area (Å²) in [7, 11) is 0. The second-order valence-corrected chi connectivity index (χ2v) is 7.39. The molecule has 6 nitrogen and oxygen atoms in total. The lowest BCUT2D eigenvalue weighted by Crippen LogP contribution is -2.31. The number of aromatic nitrogens is 2. The van der Waals surface area contributed by atoms with Crippen molar-refractivity contribution in [1.29, 1.82) is 0 Å². The average Bonchev–Trinajstić information content (AvgIpc) is 3.00. The molecule has 2 N–H and O–H groups in total. The van der Waals surface area contributed by atoms with Gasteiger partial charge in [-0.2, -0.15) is 5.10 Å². The van der Waals surface area contributed by atoms with E-state index >= 15 is 0 Å². The van der Waals surface area contributed by atoms with Crippen LogP contribution in [0.2, 0.25) is 0 Å². The van der Waals surface area contributed by atoms with Gasteiger partial charge >= 0.3 is 0 Å². The van der Waals surface area contributed by atoms with Crippen LogP contribution in [-0.4, -0.2) is 28.1 Å². The van der Waals surface area contributed by atoms with Crippen LogP contribution in [0.3, 0.4) is 0 Å². The molecule has 2 aromatic carbocycles. The van der Waals surface area contributed by atoms with E-state index in [1.54, 1.807) is 6.07 Å². The molecule has 30 heavy (non-hydrogen) atoms. The van der Waals surface area contributed by atoms with Crippen LogP contribution >= 0.6 is 0 Å². The molecule has 0 fully saturated rings. The third kappa shape index (κ3) is 5.35. The third-order valence-corrected chi connectivity index (χ3v) is 5.20. The van der Waals surface area contributed by atoms with Crippen LogP contribution in [0.5, 0.6) is 0 Å². The Hall–Kier alpha value is -3.41. The zero-order chi connectivity index (χ0) is 21.5. The fourth-order valence-electron chi connectivity index (χ4n) is 3.39. The first kappa shape index (κ1) is 21.3. The molecule has 1 heterocycles. The molecule has 0 aliphatic rings. The number of carbonyl (C=O) groups is 2. The fourth-order valence-corrected chi connectivity index (χ4v) is 3.39. The van der Waals surface area contributed by atoms with Crippen molar-refractivity contribution >= 4 is 11.8 Å². The standard InChI is InChI=1S/C24H28N4O2/c1-17-9-7-8-12-21(17)24(30)25-14-13-23(29)26-15-22-18(2)27-28(19(22)3)16-20-10-5-4-6-11-20/h4-12H,13-16H2,1-3H3,(H,25,30)(H,26,29). The van der Waals surface area contributed by atoms with Gasteiger partial charge in [0.25, 0.3) is 5.91 Å². The predicted molar refractivity (Wildman–Crippen MR) is 117 cm³/mol. The second-order valence-electron chi connectivity index (χ2n) is 7.39. The minimum absolute atomic E-state index is 0.102. The Bertz CT molecular complexity index is 1020. The molecule has 0 spiro atoms. The maximum atomic E-state index is 12.2. The number of rotatable bonds is 8. The van der Waals surface area contributed by atoms with Crippen molar-refractivity contribution in [3.05, 3.63) is 88.2 Å². The summed E-state index contributed by atoms with van der Waals surface area (Å²) >= 11 is 0. The summed E-state index contributed by atoms with van der Waals surface area (Å²) < 4.78 is 1.97. The maximum Gasteiger partial charge on any atom is 0.251 e. The van der Waals surface area contributed by atoms with Gasteiger partial charge in [-0.25, -0.2) is 0 Å². The highest BCUT2D eigenvalue weighted by atomic mass is 16.2. The van der Waals surface area contributed by atoms with E-state index in [4.69, 9.17) is 0 Å². The van der Waals surface area contributed by atoms with E-state index < -0.39 is 0 Å². The van der Waals surface area contributed by atoms with E-state index in [1.165, 1.54) is 5.56 Å². The lowest BCUT2D eigenvalue weighted by Gasteiger charge is -2.09. The highest BCUT2D eigenvalue weighted by molar-refractivity contribution is 5.95. The predicted octanol–water partition coefficient (Wildman–Crippen LogP) is 3.29. The number of carbonyl (C=O) groups excluding carboxylic acids is 2. The first-order chi connectivity index (χ1) is 14.5. The number of hydrogen-bond donors (Lipinski definition) is 2. The number of nitrogens with one attached hydrogen (secondary N) is 2. The molecule has 1 aromatic heterocycles. The van der Waals surface area contributed by atoms with E-state index in [2.05, 4.69) is 27.9 Å². The van der Waals surface area contributed by atoms with Gasteiger partial charge in [-0.15, -0.1) is 0 Å². The summed E-state index contributed by atoms with van der Waals surface area (Å²) in [4.78, 5) is 24.4. The zero-order valence-corrected chi connectivity index (χ0v) is 17.7. The van der Waals surface area contributed by atoms with E-state index in [9.17, 15) is 9.59 Å². The van der Waals surface area contributed by atoms with Gasteiger partial charge in [0.15, 0.2) is 0 Å². The van der Waals surface area contributed by atoms with Crippen molar-refractivity contribution < 1.29 is 9.59 Å². The van der Waals surface area contributed by atoms with Crippen molar-refractivity contribution in [2.45, 2.75) is 40.3 Å². The van der Waals surface area contributed by atoms with Crippen LogP contribution in [0.25, 0.3) is 0 Å². The van der Waals surface area contributed by atoms with Crippen LogP contribution in [0.1, 0.15) is 44.9 Å². The molecule has 156 valence electrons. The molecule has 0 aliphatic heterocycles. The molecule has 0 unspecified atom stereocenters. The van der Waals surface area contributed by atoms with E-state index in [0.717, 1.165) is 22.5 Å². The minimum Gasteiger partial charge on any atom is -0.352 e. The van der Waals surface area contributed by atoms with Crippen molar-refractivity contribution in [3.63, 3.8) is 0 Å².